The van der Waals surface area contributed by atoms with Gasteiger partial charge in [-0.05, 0) is 24.6 Å². The van der Waals surface area contributed by atoms with Crippen molar-refractivity contribution in [2.75, 3.05) is 5.32 Å². The Morgan fingerprint density at radius 2 is 2.12 bits per heavy atom. The topological polar surface area (TPSA) is 57.8 Å². The van der Waals surface area contributed by atoms with Crippen molar-refractivity contribution in [1.82, 2.24) is 9.97 Å². The van der Waals surface area contributed by atoms with Gasteiger partial charge in [0, 0.05) is 10.7 Å². The van der Waals surface area contributed by atoms with E-state index in [1.165, 1.54) is 6.33 Å². The Morgan fingerprint density at radius 1 is 1.35 bits per heavy atom. The molecule has 0 amide bonds. The third-order valence-corrected chi connectivity index (χ3v) is 3.08. The van der Waals surface area contributed by atoms with E-state index < -0.39 is 0 Å². The molecule has 1 aromatic heterocycles. The van der Waals surface area contributed by atoms with Crippen LogP contribution in [0.4, 0.5) is 11.5 Å². The zero-order valence-corrected chi connectivity index (χ0v) is 10.4. The highest BCUT2D eigenvalue weighted by atomic mass is 35.5. The summed E-state index contributed by atoms with van der Waals surface area (Å²) in [6.45, 7) is 1.87. The number of H-pyrrole nitrogens is 1. The Balaban J connectivity index is 2.42. The number of nitrogens with one attached hydrogen (secondary N) is 2. The summed E-state index contributed by atoms with van der Waals surface area (Å²) >= 11 is 11.8. The van der Waals surface area contributed by atoms with Crippen LogP contribution in [0.1, 0.15) is 5.56 Å². The second-order valence-corrected chi connectivity index (χ2v) is 4.22. The minimum Gasteiger partial charge on any atom is -0.339 e. The zero-order valence-electron chi connectivity index (χ0n) is 8.92. The van der Waals surface area contributed by atoms with Crippen molar-refractivity contribution < 1.29 is 0 Å². The first-order valence-electron chi connectivity index (χ1n) is 4.85. The van der Waals surface area contributed by atoms with Crippen LogP contribution in [0, 0.1) is 6.92 Å². The van der Waals surface area contributed by atoms with Gasteiger partial charge in [-0.2, -0.15) is 0 Å². The summed E-state index contributed by atoms with van der Waals surface area (Å²) in [4.78, 5) is 17.6. The van der Waals surface area contributed by atoms with E-state index in [-0.39, 0.29) is 10.6 Å². The van der Waals surface area contributed by atoms with E-state index in [1.54, 1.807) is 12.1 Å². The highest BCUT2D eigenvalue weighted by Crippen LogP contribution is 2.26. The summed E-state index contributed by atoms with van der Waals surface area (Å²) in [7, 11) is 0. The largest absolute Gasteiger partial charge is 0.339 e. The van der Waals surface area contributed by atoms with E-state index in [9.17, 15) is 4.79 Å². The van der Waals surface area contributed by atoms with Gasteiger partial charge in [-0.3, -0.25) is 4.79 Å². The predicted octanol–water partition coefficient (Wildman–Crippen LogP) is 3.13. The standard InChI is InChI=1S/C11H9Cl2N3O/c1-6-7(12)3-2-4-8(6)16-10-9(13)11(17)15-5-14-10/h2-5H,1H3,(H2,14,15,16,17). The van der Waals surface area contributed by atoms with Crippen molar-refractivity contribution in [1.29, 1.82) is 0 Å². The van der Waals surface area contributed by atoms with Crippen LogP contribution in [0.5, 0.6) is 0 Å². The molecule has 0 aliphatic heterocycles. The maximum atomic E-state index is 11.3. The van der Waals surface area contributed by atoms with Crippen molar-refractivity contribution >= 4 is 34.7 Å². The molecule has 0 saturated heterocycles. The fraction of sp³-hybridized carbons (Fsp3) is 0.0909. The van der Waals surface area contributed by atoms with Gasteiger partial charge in [-0.25, -0.2) is 4.98 Å². The maximum absolute atomic E-state index is 11.3. The van der Waals surface area contributed by atoms with Crippen molar-refractivity contribution in [2.45, 2.75) is 6.92 Å². The van der Waals surface area contributed by atoms with E-state index in [1.807, 2.05) is 13.0 Å². The number of aromatic nitrogens is 2. The number of halogens is 2. The van der Waals surface area contributed by atoms with Gasteiger partial charge in [0.15, 0.2) is 5.82 Å². The van der Waals surface area contributed by atoms with Gasteiger partial charge < -0.3 is 10.3 Å². The van der Waals surface area contributed by atoms with Gasteiger partial charge >= 0.3 is 0 Å². The van der Waals surface area contributed by atoms with Crippen LogP contribution in [-0.4, -0.2) is 9.97 Å². The van der Waals surface area contributed by atoms with Gasteiger partial charge in [-0.1, -0.05) is 29.3 Å². The molecule has 0 bridgehead atoms. The Bertz CT molecular complexity index is 610. The summed E-state index contributed by atoms with van der Waals surface area (Å²) in [6, 6.07) is 5.42. The summed E-state index contributed by atoms with van der Waals surface area (Å²) in [5, 5.41) is 3.63. The van der Waals surface area contributed by atoms with Crippen LogP contribution in [0.3, 0.4) is 0 Å². The third kappa shape index (κ3) is 2.43. The molecule has 0 atom stereocenters. The molecule has 2 N–H and O–H groups in total. The Morgan fingerprint density at radius 3 is 2.88 bits per heavy atom. The fourth-order valence-corrected chi connectivity index (χ4v) is 1.67. The lowest BCUT2D eigenvalue weighted by molar-refractivity contribution is 1.12. The first-order valence-corrected chi connectivity index (χ1v) is 5.60. The van der Waals surface area contributed by atoms with Gasteiger partial charge in [0.1, 0.15) is 5.02 Å². The van der Waals surface area contributed by atoms with Crippen molar-refractivity contribution in [3.05, 3.63) is 50.5 Å². The molecule has 88 valence electrons. The molecule has 0 spiro atoms. The van der Waals surface area contributed by atoms with E-state index in [0.717, 1.165) is 11.3 Å². The molecule has 0 radical (unpaired) electrons. The summed E-state index contributed by atoms with van der Waals surface area (Å²) in [5.74, 6) is 0.306. The molecule has 0 unspecified atom stereocenters. The summed E-state index contributed by atoms with van der Waals surface area (Å²) < 4.78 is 0. The van der Waals surface area contributed by atoms with Crippen LogP contribution in [0.15, 0.2) is 29.3 Å². The van der Waals surface area contributed by atoms with Gasteiger partial charge in [0.2, 0.25) is 0 Å². The summed E-state index contributed by atoms with van der Waals surface area (Å²) in [5.41, 5.74) is 1.24. The lowest BCUT2D eigenvalue weighted by Crippen LogP contribution is -2.10. The normalized spacial score (nSPS) is 10.3. The lowest BCUT2D eigenvalue weighted by Gasteiger charge is -2.10. The van der Waals surface area contributed by atoms with Crippen LogP contribution in [-0.2, 0) is 0 Å². The van der Waals surface area contributed by atoms with Gasteiger partial charge in [0.25, 0.3) is 5.56 Å². The minimum atomic E-state index is -0.385. The van der Waals surface area contributed by atoms with E-state index in [2.05, 4.69) is 15.3 Å². The number of nitrogens with zero attached hydrogens (tertiary/aromatic N) is 1. The number of benzene rings is 1. The SMILES string of the molecule is Cc1c(Cl)cccc1Nc1nc[nH]c(=O)c1Cl. The molecule has 1 aromatic carbocycles. The molecule has 2 rings (SSSR count). The van der Waals surface area contributed by atoms with Crippen LogP contribution >= 0.6 is 23.2 Å². The third-order valence-electron chi connectivity index (χ3n) is 2.32. The number of hydrogen-bond acceptors (Lipinski definition) is 3. The summed E-state index contributed by atoms with van der Waals surface area (Å²) in [6.07, 6.45) is 1.29. The minimum absolute atomic E-state index is 0.0203. The second-order valence-electron chi connectivity index (χ2n) is 3.43. The van der Waals surface area contributed by atoms with E-state index in [0.29, 0.717) is 10.8 Å². The Hall–Kier alpha value is -1.52. The van der Waals surface area contributed by atoms with E-state index >= 15 is 0 Å². The van der Waals surface area contributed by atoms with E-state index in [4.69, 9.17) is 23.2 Å². The highest BCUT2D eigenvalue weighted by molar-refractivity contribution is 6.33. The zero-order chi connectivity index (χ0) is 12.4. The number of hydrogen-bond donors (Lipinski definition) is 2. The Labute approximate surface area is 108 Å². The smallest absolute Gasteiger partial charge is 0.271 e. The van der Waals surface area contributed by atoms with Gasteiger partial charge in [-0.15, -0.1) is 0 Å². The van der Waals surface area contributed by atoms with Crippen molar-refractivity contribution in [3.8, 4) is 0 Å². The number of rotatable bonds is 2. The molecular formula is C11H9Cl2N3O. The first kappa shape index (κ1) is 12.0. The number of anilines is 2. The molecule has 0 fully saturated rings. The highest BCUT2D eigenvalue weighted by Gasteiger charge is 2.08. The molecular weight excluding hydrogens is 261 g/mol. The molecule has 6 heteroatoms. The monoisotopic (exact) mass is 269 g/mol. The molecule has 17 heavy (non-hydrogen) atoms. The molecule has 4 nitrogen and oxygen atoms in total. The number of aromatic amines is 1. The predicted molar refractivity (Wildman–Crippen MR) is 69.3 cm³/mol. The van der Waals surface area contributed by atoms with Crippen molar-refractivity contribution in [3.63, 3.8) is 0 Å². The second kappa shape index (κ2) is 4.77. The quantitative estimate of drug-likeness (QED) is 0.881. The lowest BCUT2D eigenvalue weighted by atomic mass is 10.2. The average molecular weight is 270 g/mol. The Kier molecular flexibility index (Phi) is 3.36. The van der Waals surface area contributed by atoms with Gasteiger partial charge in [0.05, 0.1) is 6.33 Å². The maximum Gasteiger partial charge on any atom is 0.271 e. The van der Waals surface area contributed by atoms with Crippen LogP contribution in [0.25, 0.3) is 0 Å². The molecule has 0 aliphatic carbocycles. The van der Waals surface area contributed by atoms with Crippen molar-refractivity contribution in [2.24, 2.45) is 0 Å². The molecule has 1 heterocycles. The molecule has 0 saturated carbocycles. The molecule has 0 aliphatic rings. The molecule has 2 aromatic rings. The first-order chi connectivity index (χ1) is 8.09. The average Bonchev–Trinajstić information content (AvgIpc) is 2.31. The van der Waals surface area contributed by atoms with Crippen LogP contribution < -0.4 is 10.9 Å². The van der Waals surface area contributed by atoms with Crippen LogP contribution in [0.2, 0.25) is 10.0 Å². The fourth-order valence-electron chi connectivity index (χ4n) is 1.34.